The van der Waals surface area contributed by atoms with Crippen LogP contribution >= 0.6 is 0 Å². The van der Waals surface area contributed by atoms with Crippen LogP contribution in [-0.4, -0.2) is 40.5 Å². The van der Waals surface area contributed by atoms with E-state index in [0.717, 1.165) is 32.8 Å². The first-order chi connectivity index (χ1) is 5.83. The molecule has 1 unspecified atom stereocenters. The molecule has 1 atom stereocenters. The number of methoxy groups -OCH3 is 1. The second-order valence-electron chi connectivity index (χ2n) is 3.62. The zero-order chi connectivity index (χ0) is 8.86. The Bertz CT molecular complexity index is 106. The summed E-state index contributed by atoms with van der Waals surface area (Å²) in [5.74, 6) is 0. The van der Waals surface area contributed by atoms with Crippen LogP contribution in [0, 0.1) is 5.41 Å². The van der Waals surface area contributed by atoms with Gasteiger partial charge in [-0.3, -0.25) is 0 Å². The first-order valence-corrected chi connectivity index (χ1v) is 4.54. The fraction of sp³-hybridized carbons (Fsp3) is 1.00. The first-order valence-electron chi connectivity index (χ1n) is 4.54. The summed E-state index contributed by atoms with van der Waals surface area (Å²) >= 11 is 0. The lowest BCUT2D eigenvalue weighted by Crippen LogP contribution is -2.43. The quantitative estimate of drug-likeness (QED) is 0.677. The molecule has 0 aromatic heterocycles. The van der Waals surface area contributed by atoms with Crippen molar-refractivity contribution in [2.45, 2.75) is 12.8 Å². The molecule has 1 fully saturated rings. The molecule has 1 saturated heterocycles. The summed E-state index contributed by atoms with van der Waals surface area (Å²) in [4.78, 5) is 0. The van der Waals surface area contributed by atoms with Crippen molar-refractivity contribution in [3.05, 3.63) is 0 Å². The van der Waals surface area contributed by atoms with Crippen LogP contribution in [-0.2, 0) is 9.47 Å². The van der Waals surface area contributed by atoms with E-state index < -0.39 is 0 Å². The molecular formula is C9H19NO2. The van der Waals surface area contributed by atoms with Gasteiger partial charge in [0.2, 0.25) is 0 Å². The van der Waals surface area contributed by atoms with Crippen LogP contribution < -0.4 is 5.32 Å². The summed E-state index contributed by atoms with van der Waals surface area (Å²) in [5, 5.41) is 3.20. The Labute approximate surface area is 74.4 Å². The molecule has 1 aliphatic heterocycles. The third-order valence-electron chi connectivity index (χ3n) is 2.41. The molecule has 0 aliphatic carbocycles. The minimum atomic E-state index is 0.224. The molecule has 0 aromatic rings. The Hall–Kier alpha value is -0.120. The Kier molecular flexibility index (Phi) is 3.98. The van der Waals surface area contributed by atoms with E-state index in [0.29, 0.717) is 0 Å². The van der Waals surface area contributed by atoms with Crippen molar-refractivity contribution < 1.29 is 9.47 Å². The summed E-state index contributed by atoms with van der Waals surface area (Å²) in [6, 6.07) is 0. The van der Waals surface area contributed by atoms with Crippen molar-refractivity contribution in [3.8, 4) is 0 Å². The molecule has 12 heavy (non-hydrogen) atoms. The minimum absolute atomic E-state index is 0.224. The molecule has 1 aliphatic rings. The molecule has 1 N–H and O–H groups in total. The standard InChI is InChI=1S/C9H19NO2/c1-10-6-9(7-11-2)4-3-5-12-8-9/h10H,3-8H2,1-2H3. The van der Waals surface area contributed by atoms with Crippen LogP contribution in [0.1, 0.15) is 12.8 Å². The average Bonchev–Trinajstić information content (AvgIpc) is 2.07. The SMILES string of the molecule is CNCC1(COC)CCCOC1. The number of hydrogen-bond donors (Lipinski definition) is 1. The number of ether oxygens (including phenoxy) is 2. The van der Waals surface area contributed by atoms with Crippen LogP contribution in [0.4, 0.5) is 0 Å². The summed E-state index contributed by atoms with van der Waals surface area (Å²) in [7, 11) is 3.73. The van der Waals surface area contributed by atoms with E-state index in [1.165, 1.54) is 6.42 Å². The van der Waals surface area contributed by atoms with Crippen molar-refractivity contribution in [1.29, 1.82) is 0 Å². The van der Waals surface area contributed by atoms with Gasteiger partial charge < -0.3 is 14.8 Å². The van der Waals surface area contributed by atoms with Gasteiger partial charge in [0, 0.05) is 25.7 Å². The smallest absolute Gasteiger partial charge is 0.0556 e. The molecular weight excluding hydrogens is 154 g/mol. The second kappa shape index (κ2) is 4.80. The van der Waals surface area contributed by atoms with E-state index in [1.54, 1.807) is 7.11 Å². The van der Waals surface area contributed by atoms with Crippen LogP contribution in [0.15, 0.2) is 0 Å². The predicted molar refractivity (Wildman–Crippen MR) is 48.3 cm³/mol. The van der Waals surface area contributed by atoms with Crippen molar-refractivity contribution in [2.24, 2.45) is 5.41 Å². The van der Waals surface area contributed by atoms with Crippen LogP contribution in [0.25, 0.3) is 0 Å². The third kappa shape index (κ3) is 2.44. The van der Waals surface area contributed by atoms with Crippen molar-refractivity contribution in [1.82, 2.24) is 5.32 Å². The Morgan fingerprint density at radius 2 is 2.42 bits per heavy atom. The molecule has 0 saturated carbocycles. The Balaban J connectivity index is 2.44. The molecule has 3 heteroatoms. The summed E-state index contributed by atoms with van der Waals surface area (Å²) in [6.07, 6.45) is 2.37. The fourth-order valence-corrected chi connectivity index (χ4v) is 1.90. The van der Waals surface area contributed by atoms with Gasteiger partial charge in [0.15, 0.2) is 0 Å². The monoisotopic (exact) mass is 173 g/mol. The summed E-state index contributed by atoms with van der Waals surface area (Å²) in [6.45, 7) is 3.53. The van der Waals surface area contributed by atoms with Gasteiger partial charge in [-0.1, -0.05) is 0 Å². The molecule has 0 radical (unpaired) electrons. The van der Waals surface area contributed by atoms with E-state index >= 15 is 0 Å². The molecule has 0 aromatic carbocycles. The maximum Gasteiger partial charge on any atom is 0.0556 e. The fourth-order valence-electron chi connectivity index (χ4n) is 1.90. The maximum absolute atomic E-state index is 5.47. The summed E-state index contributed by atoms with van der Waals surface area (Å²) < 4.78 is 10.7. The molecule has 0 bridgehead atoms. The van der Waals surface area contributed by atoms with Gasteiger partial charge in [-0.15, -0.1) is 0 Å². The molecule has 3 nitrogen and oxygen atoms in total. The number of hydrogen-bond acceptors (Lipinski definition) is 3. The molecule has 1 rings (SSSR count). The Morgan fingerprint density at radius 3 is 2.92 bits per heavy atom. The van der Waals surface area contributed by atoms with Gasteiger partial charge in [-0.25, -0.2) is 0 Å². The first kappa shape index (κ1) is 9.96. The lowest BCUT2D eigenvalue weighted by Gasteiger charge is -2.36. The largest absolute Gasteiger partial charge is 0.384 e. The van der Waals surface area contributed by atoms with E-state index in [2.05, 4.69) is 5.32 Å². The predicted octanol–water partition coefficient (Wildman–Crippen LogP) is 0.649. The zero-order valence-corrected chi connectivity index (χ0v) is 8.06. The van der Waals surface area contributed by atoms with Gasteiger partial charge in [0.1, 0.15) is 0 Å². The zero-order valence-electron chi connectivity index (χ0n) is 8.06. The van der Waals surface area contributed by atoms with Crippen LogP contribution in [0.2, 0.25) is 0 Å². The average molecular weight is 173 g/mol. The highest BCUT2D eigenvalue weighted by Gasteiger charge is 2.32. The van der Waals surface area contributed by atoms with Crippen LogP contribution in [0.3, 0.4) is 0 Å². The van der Waals surface area contributed by atoms with Crippen molar-refractivity contribution in [2.75, 3.05) is 40.5 Å². The Morgan fingerprint density at radius 1 is 1.58 bits per heavy atom. The van der Waals surface area contributed by atoms with Gasteiger partial charge in [0.05, 0.1) is 13.2 Å². The third-order valence-corrected chi connectivity index (χ3v) is 2.41. The van der Waals surface area contributed by atoms with Crippen molar-refractivity contribution >= 4 is 0 Å². The number of nitrogens with one attached hydrogen (secondary N) is 1. The van der Waals surface area contributed by atoms with Crippen LogP contribution in [0.5, 0.6) is 0 Å². The normalized spacial score (nSPS) is 30.5. The van der Waals surface area contributed by atoms with E-state index in [9.17, 15) is 0 Å². The highest BCUT2D eigenvalue weighted by Crippen LogP contribution is 2.27. The molecule has 1 heterocycles. The molecule has 0 amide bonds. The highest BCUT2D eigenvalue weighted by atomic mass is 16.5. The minimum Gasteiger partial charge on any atom is -0.384 e. The summed E-state index contributed by atoms with van der Waals surface area (Å²) in [5.41, 5.74) is 0.224. The van der Waals surface area contributed by atoms with E-state index in [-0.39, 0.29) is 5.41 Å². The molecule has 0 spiro atoms. The topological polar surface area (TPSA) is 30.5 Å². The van der Waals surface area contributed by atoms with Gasteiger partial charge >= 0.3 is 0 Å². The second-order valence-corrected chi connectivity index (χ2v) is 3.62. The van der Waals surface area contributed by atoms with Gasteiger partial charge in [-0.2, -0.15) is 0 Å². The molecule has 72 valence electrons. The van der Waals surface area contributed by atoms with E-state index in [1.807, 2.05) is 7.05 Å². The van der Waals surface area contributed by atoms with Crippen molar-refractivity contribution in [3.63, 3.8) is 0 Å². The maximum atomic E-state index is 5.47. The van der Waals surface area contributed by atoms with Gasteiger partial charge in [0.25, 0.3) is 0 Å². The highest BCUT2D eigenvalue weighted by molar-refractivity contribution is 4.83. The lowest BCUT2D eigenvalue weighted by atomic mass is 9.83. The number of rotatable bonds is 4. The van der Waals surface area contributed by atoms with Gasteiger partial charge in [-0.05, 0) is 19.9 Å². The van der Waals surface area contributed by atoms with E-state index in [4.69, 9.17) is 9.47 Å². The lowest BCUT2D eigenvalue weighted by molar-refractivity contribution is -0.0467.